The van der Waals surface area contributed by atoms with Crippen LogP contribution in [-0.4, -0.2) is 25.8 Å². The fourth-order valence-electron chi connectivity index (χ4n) is 2.65. The summed E-state index contributed by atoms with van der Waals surface area (Å²) in [6.07, 6.45) is 0.415. The normalized spacial score (nSPS) is 20.0. The van der Waals surface area contributed by atoms with Gasteiger partial charge in [0.15, 0.2) is 9.84 Å². The van der Waals surface area contributed by atoms with E-state index in [1.807, 2.05) is 29.6 Å². The maximum atomic E-state index is 12.2. The van der Waals surface area contributed by atoms with Crippen LogP contribution < -0.4 is 5.32 Å². The molecule has 2 aromatic rings. The number of carbonyl (C=O) groups excluding carboxylic acids is 1. The van der Waals surface area contributed by atoms with Crippen molar-refractivity contribution < 1.29 is 13.2 Å². The zero-order chi connectivity index (χ0) is 15.7. The summed E-state index contributed by atoms with van der Waals surface area (Å²) in [5.74, 6) is -0.569. The summed E-state index contributed by atoms with van der Waals surface area (Å²) in [4.78, 5) is 13.4. The minimum atomic E-state index is -3.04. The van der Waals surface area contributed by atoms with E-state index in [9.17, 15) is 13.2 Å². The lowest BCUT2D eigenvalue weighted by atomic mass is 10.1. The van der Waals surface area contributed by atoms with Crippen LogP contribution >= 0.6 is 11.3 Å². The standard InChI is InChI=1S/C16H17NO3S2/c1-11-5-7-21-15(11)12-3-2-4-14(9-12)17-16(18)13-6-8-22(19,20)10-13/h2-5,7,9,13H,6,8,10H2,1H3,(H,17,18). The van der Waals surface area contributed by atoms with Crippen LogP contribution in [0.25, 0.3) is 10.4 Å². The molecule has 1 amide bonds. The number of sulfone groups is 1. The Morgan fingerprint density at radius 1 is 1.32 bits per heavy atom. The molecule has 1 atom stereocenters. The molecule has 0 radical (unpaired) electrons. The second-order valence-corrected chi connectivity index (χ2v) is 8.75. The molecular weight excluding hydrogens is 318 g/mol. The molecule has 1 saturated heterocycles. The molecule has 0 bridgehead atoms. The van der Waals surface area contributed by atoms with Crippen molar-refractivity contribution in [3.05, 3.63) is 41.3 Å². The lowest BCUT2D eigenvalue weighted by Gasteiger charge is -2.10. The summed E-state index contributed by atoms with van der Waals surface area (Å²) in [7, 11) is -3.04. The molecule has 4 nitrogen and oxygen atoms in total. The second-order valence-electron chi connectivity index (χ2n) is 5.60. The maximum absolute atomic E-state index is 12.2. The molecule has 1 aromatic heterocycles. The van der Waals surface area contributed by atoms with Gasteiger partial charge in [0.2, 0.25) is 5.91 Å². The van der Waals surface area contributed by atoms with Crippen molar-refractivity contribution in [2.75, 3.05) is 16.8 Å². The number of rotatable bonds is 3. The Kier molecular flexibility index (Phi) is 4.06. The number of benzene rings is 1. The third kappa shape index (κ3) is 3.23. The Morgan fingerprint density at radius 3 is 2.77 bits per heavy atom. The van der Waals surface area contributed by atoms with Gasteiger partial charge in [-0.25, -0.2) is 8.42 Å². The van der Waals surface area contributed by atoms with E-state index >= 15 is 0 Å². The fraction of sp³-hybridized carbons (Fsp3) is 0.312. The van der Waals surface area contributed by atoms with Crippen molar-refractivity contribution in [3.8, 4) is 10.4 Å². The molecule has 1 aliphatic rings. The minimum Gasteiger partial charge on any atom is -0.326 e. The highest BCUT2D eigenvalue weighted by molar-refractivity contribution is 7.91. The van der Waals surface area contributed by atoms with Gasteiger partial charge in [0.1, 0.15) is 0 Å². The first kappa shape index (κ1) is 15.2. The van der Waals surface area contributed by atoms with Crippen molar-refractivity contribution >= 4 is 32.8 Å². The van der Waals surface area contributed by atoms with Crippen molar-refractivity contribution in [2.45, 2.75) is 13.3 Å². The molecule has 116 valence electrons. The average Bonchev–Trinajstić information content (AvgIpc) is 3.05. The van der Waals surface area contributed by atoms with Crippen molar-refractivity contribution in [1.29, 1.82) is 0 Å². The maximum Gasteiger partial charge on any atom is 0.228 e. The molecule has 6 heteroatoms. The Morgan fingerprint density at radius 2 is 2.14 bits per heavy atom. The highest BCUT2D eigenvalue weighted by Gasteiger charge is 2.32. The van der Waals surface area contributed by atoms with Gasteiger partial charge in [-0.15, -0.1) is 11.3 Å². The summed E-state index contributed by atoms with van der Waals surface area (Å²) in [6.45, 7) is 2.06. The molecule has 0 saturated carbocycles. The van der Waals surface area contributed by atoms with Crippen molar-refractivity contribution in [3.63, 3.8) is 0 Å². The number of anilines is 1. The molecule has 3 rings (SSSR count). The molecule has 1 N–H and O–H groups in total. The van der Waals surface area contributed by atoms with Gasteiger partial charge in [-0.1, -0.05) is 12.1 Å². The number of hydrogen-bond donors (Lipinski definition) is 1. The van der Waals surface area contributed by atoms with Crippen LogP contribution in [0.4, 0.5) is 5.69 Å². The molecule has 1 aliphatic heterocycles. The number of thiophene rings is 1. The third-order valence-electron chi connectivity index (χ3n) is 3.86. The lowest BCUT2D eigenvalue weighted by Crippen LogP contribution is -2.23. The first-order chi connectivity index (χ1) is 10.4. The van der Waals surface area contributed by atoms with E-state index in [4.69, 9.17) is 0 Å². The van der Waals surface area contributed by atoms with Crippen LogP contribution in [0.15, 0.2) is 35.7 Å². The minimum absolute atomic E-state index is 0.0391. The zero-order valence-electron chi connectivity index (χ0n) is 12.2. The Labute approximate surface area is 134 Å². The molecule has 2 heterocycles. The van der Waals surface area contributed by atoms with E-state index in [-0.39, 0.29) is 17.4 Å². The summed E-state index contributed by atoms with van der Waals surface area (Å²) >= 11 is 1.66. The van der Waals surface area contributed by atoms with Crippen molar-refractivity contribution in [2.24, 2.45) is 5.92 Å². The molecule has 0 aliphatic carbocycles. The predicted octanol–water partition coefficient (Wildman–Crippen LogP) is 3.10. The summed E-state index contributed by atoms with van der Waals surface area (Å²) in [6, 6.07) is 9.73. The van der Waals surface area contributed by atoms with Crippen LogP contribution in [0.5, 0.6) is 0 Å². The van der Waals surface area contributed by atoms with Gasteiger partial charge in [-0.05, 0) is 48.1 Å². The molecule has 1 unspecified atom stereocenters. The summed E-state index contributed by atoms with van der Waals surface area (Å²) in [5, 5.41) is 4.89. The third-order valence-corrected chi connectivity index (χ3v) is 6.69. The Hall–Kier alpha value is -1.66. The van der Waals surface area contributed by atoms with E-state index in [0.717, 1.165) is 5.56 Å². The first-order valence-corrected chi connectivity index (χ1v) is 9.80. The average molecular weight is 335 g/mol. The quantitative estimate of drug-likeness (QED) is 0.937. The topological polar surface area (TPSA) is 63.2 Å². The van der Waals surface area contributed by atoms with Gasteiger partial charge in [0, 0.05) is 10.6 Å². The van der Waals surface area contributed by atoms with Crippen LogP contribution in [0, 0.1) is 12.8 Å². The number of hydrogen-bond acceptors (Lipinski definition) is 4. The van der Waals surface area contributed by atoms with Crippen LogP contribution in [0.1, 0.15) is 12.0 Å². The highest BCUT2D eigenvalue weighted by atomic mass is 32.2. The van der Waals surface area contributed by atoms with Crippen LogP contribution in [-0.2, 0) is 14.6 Å². The van der Waals surface area contributed by atoms with Gasteiger partial charge in [-0.3, -0.25) is 4.79 Å². The zero-order valence-corrected chi connectivity index (χ0v) is 13.8. The summed E-state index contributed by atoms with van der Waals surface area (Å²) < 4.78 is 22.9. The van der Waals surface area contributed by atoms with E-state index in [2.05, 4.69) is 18.3 Å². The monoisotopic (exact) mass is 335 g/mol. The van der Waals surface area contributed by atoms with Gasteiger partial charge in [0.05, 0.1) is 17.4 Å². The second kappa shape index (κ2) is 5.85. The number of carbonyl (C=O) groups is 1. The number of aryl methyl sites for hydroxylation is 1. The molecular formula is C16H17NO3S2. The van der Waals surface area contributed by atoms with Gasteiger partial charge in [0.25, 0.3) is 0 Å². The highest BCUT2D eigenvalue weighted by Crippen LogP contribution is 2.31. The van der Waals surface area contributed by atoms with Crippen LogP contribution in [0.2, 0.25) is 0 Å². The fourth-order valence-corrected chi connectivity index (χ4v) is 5.32. The molecule has 1 aromatic carbocycles. The van der Waals surface area contributed by atoms with Gasteiger partial charge >= 0.3 is 0 Å². The number of amides is 1. The van der Waals surface area contributed by atoms with E-state index in [0.29, 0.717) is 12.1 Å². The SMILES string of the molecule is Cc1ccsc1-c1cccc(NC(=O)C2CCS(=O)(=O)C2)c1. The summed E-state index contributed by atoms with van der Waals surface area (Å²) in [5.41, 5.74) is 2.97. The molecule has 1 fully saturated rings. The molecule has 0 spiro atoms. The predicted molar refractivity (Wildman–Crippen MR) is 89.9 cm³/mol. The van der Waals surface area contributed by atoms with E-state index in [1.54, 1.807) is 11.3 Å². The Bertz CT molecular complexity index is 808. The Balaban J connectivity index is 1.76. The van der Waals surface area contributed by atoms with Crippen LogP contribution in [0.3, 0.4) is 0 Å². The first-order valence-electron chi connectivity index (χ1n) is 7.10. The van der Waals surface area contributed by atoms with Gasteiger partial charge < -0.3 is 5.32 Å². The van der Waals surface area contributed by atoms with Crippen molar-refractivity contribution in [1.82, 2.24) is 0 Å². The smallest absolute Gasteiger partial charge is 0.228 e. The van der Waals surface area contributed by atoms with Gasteiger partial charge in [-0.2, -0.15) is 0 Å². The number of nitrogens with one attached hydrogen (secondary N) is 1. The van der Waals surface area contributed by atoms with E-state index in [1.165, 1.54) is 10.4 Å². The lowest BCUT2D eigenvalue weighted by molar-refractivity contribution is -0.119. The van der Waals surface area contributed by atoms with E-state index < -0.39 is 15.8 Å². The molecule has 22 heavy (non-hydrogen) atoms. The largest absolute Gasteiger partial charge is 0.326 e.